The van der Waals surface area contributed by atoms with Crippen molar-refractivity contribution in [2.75, 3.05) is 0 Å². The smallest absolute Gasteiger partial charge is 0.320 e. The lowest BCUT2D eigenvalue weighted by atomic mass is 9.97. The number of carboxylic acids is 1. The summed E-state index contributed by atoms with van der Waals surface area (Å²) in [6.45, 7) is 3.99. The van der Waals surface area contributed by atoms with E-state index < -0.39 is 17.8 Å². The summed E-state index contributed by atoms with van der Waals surface area (Å²) in [5, 5.41) is 8.67. The van der Waals surface area contributed by atoms with Crippen LogP contribution in [0.4, 0.5) is 4.39 Å². The lowest BCUT2D eigenvalue weighted by molar-refractivity contribution is -0.138. The van der Waals surface area contributed by atoms with Crippen molar-refractivity contribution in [1.29, 1.82) is 0 Å². The average molecular weight is 225 g/mol. The van der Waals surface area contributed by atoms with Gasteiger partial charge in [-0.15, -0.1) is 0 Å². The molecule has 0 aromatic heterocycles. The Kier molecular flexibility index (Phi) is 4.01. The van der Waals surface area contributed by atoms with Crippen molar-refractivity contribution in [3.63, 3.8) is 0 Å². The molecule has 0 aliphatic rings. The zero-order valence-electron chi connectivity index (χ0n) is 9.40. The van der Waals surface area contributed by atoms with Gasteiger partial charge >= 0.3 is 5.97 Å². The van der Waals surface area contributed by atoms with Crippen LogP contribution in [0, 0.1) is 5.82 Å². The van der Waals surface area contributed by atoms with Crippen LogP contribution in [0.25, 0.3) is 0 Å². The predicted octanol–water partition coefficient (Wildman–Crippen LogP) is 1.90. The van der Waals surface area contributed by atoms with Gasteiger partial charge < -0.3 is 10.8 Å². The minimum absolute atomic E-state index is 0.0156. The molecular weight excluding hydrogens is 209 g/mol. The molecule has 88 valence electrons. The van der Waals surface area contributed by atoms with Crippen LogP contribution in [-0.4, -0.2) is 17.1 Å². The summed E-state index contributed by atoms with van der Waals surface area (Å²) in [4.78, 5) is 10.6. The van der Waals surface area contributed by atoms with Crippen LogP contribution >= 0.6 is 0 Å². The molecule has 16 heavy (non-hydrogen) atoms. The zero-order valence-corrected chi connectivity index (χ0v) is 9.40. The molecule has 0 radical (unpaired) electrons. The number of carboxylic acid groups (broad SMARTS) is 1. The topological polar surface area (TPSA) is 63.3 Å². The van der Waals surface area contributed by atoms with E-state index in [2.05, 4.69) is 0 Å². The van der Waals surface area contributed by atoms with E-state index in [1.807, 2.05) is 13.8 Å². The quantitative estimate of drug-likeness (QED) is 0.822. The molecule has 3 nitrogen and oxygen atoms in total. The fourth-order valence-electron chi connectivity index (χ4n) is 1.43. The molecule has 4 heteroatoms. The van der Waals surface area contributed by atoms with Crippen LogP contribution in [0.3, 0.4) is 0 Å². The van der Waals surface area contributed by atoms with Crippen LogP contribution < -0.4 is 5.73 Å². The summed E-state index contributed by atoms with van der Waals surface area (Å²) in [5.74, 6) is -1.24. The maximum absolute atomic E-state index is 13.4. The molecule has 0 spiro atoms. The van der Waals surface area contributed by atoms with E-state index in [0.717, 1.165) is 5.56 Å². The summed E-state index contributed by atoms with van der Waals surface area (Å²) in [7, 11) is 0. The van der Waals surface area contributed by atoms with E-state index in [1.165, 1.54) is 6.07 Å². The molecule has 1 aromatic rings. The fraction of sp³-hybridized carbons (Fsp3) is 0.417. The summed E-state index contributed by atoms with van der Waals surface area (Å²) in [6.07, 6.45) is 0.0156. The highest BCUT2D eigenvalue weighted by atomic mass is 19.1. The first-order valence-electron chi connectivity index (χ1n) is 5.18. The van der Waals surface area contributed by atoms with Crippen molar-refractivity contribution < 1.29 is 14.3 Å². The number of rotatable bonds is 4. The SMILES string of the molecule is CC(C)c1ccc(F)c(CC(N)C(=O)O)c1. The average Bonchev–Trinajstić information content (AvgIpc) is 2.20. The second-order valence-corrected chi connectivity index (χ2v) is 4.15. The number of halogens is 1. The largest absolute Gasteiger partial charge is 0.480 e. The molecule has 1 unspecified atom stereocenters. The Labute approximate surface area is 94.1 Å². The molecule has 1 atom stereocenters. The van der Waals surface area contributed by atoms with Crippen molar-refractivity contribution >= 4 is 5.97 Å². The highest BCUT2D eigenvalue weighted by molar-refractivity contribution is 5.73. The molecule has 0 heterocycles. The second kappa shape index (κ2) is 5.07. The highest BCUT2D eigenvalue weighted by Gasteiger charge is 2.15. The minimum Gasteiger partial charge on any atom is -0.480 e. The van der Waals surface area contributed by atoms with Crippen LogP contribution in [-0.2, 0) is 11.2 Å². The summed E-state index contributed by atoms with van der Waals surface area (Å²) in [6, 6.07) is 3.69. The molecule has 1 rings (SSSR count). The molecule has 0 saturated heterocycles. The lowest BCUT2D eigenvalue weighted by Gasteiger charge is -2.11. The normalized spacial score (nSPS) is 12.8. The van der Waals surface area contributed by atoms with E-state index in [4.69, 9.17) is 10.8 Å². The Morgan fingerprint density at radius 3 is 2.62 bits per heavy atom. The van der Waals surface area contributed by atoms with Gasteiger partial charge in [0.15, 0.2) is 0 Å². The van der Waals surface area contributed by atoms with Gasteiger partial charge in [-0.1, -0.05) is 26.0 Å². The Balaban J connectivity index is 2.94. The van der Waals surface area contributed by atoms with Gasteiger partial charge in [0.2, 0.25) is 0 Å². The van der Waals surface area contributed by atoms with Crippen LogP contribution in [0.1, 0.15) is 30.9 Å². The third-order valence-corrected chi connectivity index (χ3v) is 2.49. The van der Waals surface area contributed by atoms with Gasteiger partial charge in [0, 0.05) is 6.42 Å². The van der Waals surface area contributed by atoms with Gasteiger partial charge in [-0.25, -0.2) is 4.39 Å². The van der Waals surface area contributed by atoms with Crippen LogP contribution in [0.2, 0.25) is 0 Å². The second-order valence-electron chi connectivity index (χ2n) is 4.15. The molecular formula is C12H16FNO2. The minimum atomic E-state index is -1.12. The van der Waals surface area contributed by atoms with Gasteiger partial charge in [0.05, 0.1) is 0 Å². The third kappa shape index (κ3) is 3.03. The Hall–Kier alpha value is -1.42. The highest BCUT2D eigenvalue weighted by Crippen LogP contribution is 2.19. The number of benzene rings is 1. The summed E-state index contributed by atoms with van der Waals surface area (Å²) in [5.41, 5.74) is 6.72. The van der Waals surface area contributed by atoms with Gasteiger partial charge in [0.25, 0.3) is 0 Å². The Morgan fingerprint density at radius 1 is 1.50 bits per heavy atom. The Bertz CT molecular complexity index is 391. The van der Waals surface area contributed by atoms with E-state index in [9.17, 15) is 9.18 Å². The molecule has 0 aliphatic heterocycles. The molecule has 0 fully saturated rings. The number of hydrogen-bond acceptors (Lipinski definition) is 2. The van der Waals surface area contributed by atoms with Crippen molar-refractivity contribution in [1.82, 2.24) is 0 Å². The zero-order chi connectivity index (χ0) is 12.3. The number of carbonyl (C=O) groups is 1. The Morgan fingerprint density at radius 2 is 2.12 bits per heavy atom. The fourth-order valence-corrected chi connectivity index (χ4v) is 1.43. The maximum Gasteiger partial charge on any atom is 0.320 e. The molecule has 0 saturated carbocycles. The van der Waals surface area contributed by atoms with Gasteiger partial charge in [-0.2, -0.15) is 0 Å². The summed E-state index contributed by atoms with van der Waals surface area (Å²) >= 11 is 0. The monoisotopic (exact) mass is 225 g/mol. The number of nitrogens with two attached hydrogens (primary N) is 1. The molecule has 0 bridgehead atoms. The molecule has 0 aliphatic carbocycles. The standard InChI is InChI=1S/C12H16FNO2/c1-7(2)8-3-4-10(13)9(5-8)6-11(14)12(15)16/h3-5,7,11H,6,14H2,1-2H3,(H,15,16). The third-order valence-electron chi connectivity index (χ3n) is 2.49. The summed E-state index contributed by atoms with van der Waals surface area (Å²) < 4.78 is 13.4. The van der Waals surface area contributed by atoms with Crippen LogP contribution in [0.5, 0.6) is 0 Å². The van der Waals surface area contributed by atoms with Gasteiger partial charge in [-0.05, 0) is 23.1 Å². The first-order chi connectivity index (χ1) is 7.41. The van der Waals surface area contributed by atoms with E-state index in [0.29, 0.717) is 5.56 Å². The first kappa shape index (κ1) is 12.6. The van der Waals surface area contributed by atoms with Crippen LogP contribution in [0.15, 0.2) is 18.2 Å². The van der Waals surface area contributed by atoms with E-state index in [1.54, 1.807) is 12.1 Å². The van der Waals surface area contributed by atoms with Crippen molar-refractivity contribution in [3.05, 3.63) is 35.1 Å². The number of hydrogen-bond donors (Lipinski definition) is 2. The number of aliphatic carboxylic acids is 1. The molecule has 3 N–H and O–H groups in total. The van der Waals surface area contributed by atoms with E-state index in [-0.39, 0.29) is 12.3 Å². The van der Waals surface area contributed by atoms with Gasteiger partial charge in [-0.3, -0.25) is 4.79 Å². The lowest BCUT2D eigenvalue weighted by Crippen LogP contribution is -2.32. The van der Waals surface area contributed by atoms with E-state index >= 15 is 0 Å². The maximum atomic E-state index is 13.4. The molecule has 0 amide bonds. The van der Waals surface area contributed by atoms with Crippen molar-refractivity contribution in [3.8, 4) is 0 Å². The molecule has 1 aromatic carbocycles. The van der Waals surface area contributed by atoms with Gasteiger partial charge in [0.1, 0.15) is 11.9 Å². The first-order valence-corrected chi connectivity index (χ1v) is 5.18. The predicted molar refractivity (Wildman–Crippen MR) is 59.8 cm³/mol. The van der Waals surface area contributed by atoms with Crippen molar-refractivity contribution in [2.45, 2.75) is 32.2 Å². The van der Waals surface area contributed by atoms with Crippen molar-refractivity contribution in [2.24, 2.45) is 5.73 Å².